The maximum absolute atomic E-state index is 13.9. The first kappa shape index (κ1) is 22.4. The first-order valence-corrected chi connectivity index (χ1v) is 11.1. The lowest BCUT2D eigenvalue weighted by Crippen LogP contribution is -2.27. The summed E-state index contributed by atoms with van der Waals surface area (Å²) in [6.45, 7) is 0.110. The Labute approximate surface area is 198 Å². The fourth-order valence-electron chi connectivity index (χ4n) is 3.07. The Kier molecular flexibility index (Phi) is 6.84. The summed E-state index contributed by atoms with van der Waals surface area (Å²) in [7, 11) is 0. The van der Waals surface area contributed by atoms with Crippen LogP contribution in [0, 0.1) is 5.82 Å². The number of rotatable bonds is 6. The Bertz CT molecular complexity index is 1190. The minimum absolute atomic E-state index is 0.105. The SMILES string of the molecule is O=C1S/C(=C\c2ccc(OCc3c(Cl)cccc3Cl)cc2)C(=O)N1Cc1ccccc1F. The van der Waals surface area contributed by atoms with E-state index >= 15 is 0 Å². The molecule has 4 nitrogen and oxygen atoms in total. The topological polar surface area (TPSA) is 46.6 Å². The molecule has 1 saturated heterocycles. The third kappa shape index (κ3) is 4.99. The minimum Gasteiger partial charge on any atom is -0.489 e. The highest BCUT2D eigenvalue weighted by molar-refractivity contribution is 8.18. The van der Waals surface area contributed by atoms with Gasteiger partial charge >= 0.3 is 0 Å². The lowest BCUT2D eigenvalue weighted by atomic mass is 10.2. The van der Waals surface area contributed by atoms with E-state index in [0.717, 1.165) is 22.2 Å². The van der Waals surface area contributed by atoms with Gasteiger partial charge in [-0.05, 0) is 53.7 Å². The number of carbonyl (C=O) groups excluding carboxylic acids is 2. The summed E-state index contributed by atoms with van der Waals surface area (Å²) in [6, 6.07) is 18.4. The van der Waals surface area contributed by atoms with Crippen molar-refractivity contribution in [2.45, 2.75) is 13.2 Å². The van der Waals surface area contributed by atoms with E-state index in [9.17, 15) is 14.0 Å². The first-order chi connectivity index (χ1) is 15.4. The number of hydrogen-bond acceptors (Lipinski definition) is 4. The number of nitrogens with zero attached hydrogens (tertiary/aromatic N) is 1. The van der Waals surface area contributed by atoms with Crippen LogP contribution in [-0.2, 0) is 17.9 Å². The Hall–Kier alpha value is -2.80. The van der Waals surface area contributed by atoms with Gasteiger partial charge in [-0.15, -0.1) is 0 Å². The van der Waals surface area contributed by atoms with Gasteiger partial charge in [0.25, 0.3) is 11.1 Å². The van der Waals surface area contributed by atoms with Crippen molar-refractivity contribution in [3.05, 3.63) is 104 Å². The predicted molar refractivity (Wildman–Crippen MR) is 125 cm³/mol. The molecule has 0 N–H and O–H groups in total. The van der Waals surface area contributed by atoms with E-state index in [2.05, 4.69) is 0 Å². The van der Waals surface area contributed by atoms with Crippen molar-refractivity contribution < 1.29 is 18.7 Å². The Balaban J connectivity index is 1.43. The second kappa shape index (κ2) is 9.77. The number of benzene rings is 3. The van der Waals surface area contributed by atoms with Crippen molar-refractivity contribution in [2.24, 2.45) is 0 Å². The molecule has 8 heteroatoms. The van der Waals surface area contributed by atoms with Crippen molar-refractivity contribution >= 4 is 52.2 Å². The fraction of sp³-hybridized carbons (Fsp3) is 0.0833. The zero-order valence-corrected chi connectivity index (χ0v) is 18.9. The molecule has 3 aromatic carbocycles. The highest BCUT2D eigenvalue weighted by Gasteiger charge is 2.35. The molecule has 4 rings (SSSR count). The Morgan fingerprint density at radius 3 is 2.31 bits per heavy atom. The zero-order valence-electron chi connectivity index (χ0n) is 16.6. The molecule has 0 unspecified atom stereocenters. The fourth-order valence-corrected chi connectivity index (χ4v) is 4.42. The standard InChI is InChI=1S/C24H16Cl2FNO3S/c25-19-5-3-6-20(26)18(19)14-31-17-10-8-15(9-11-17)12-22-23(29)28(24(30)32-22)13-16-4-1-2-7-21(16)27/h1-12H,13-14H2/b22-12-. The van der Waals surface area contributed by atoms with Crippen LogP contribution >= 0.6 is 35.0 Å². The van der Waals surface area contributed by atoms with Gasteiger partial charge in [0.2, 0.25) is 0 Å². The molecule has 0 aromatic heterocycles. The van der Waals surface area contributed by atoms with E-state index in [-0.39, 0.29) is 23.6 Å². The molecular weight excluding hydrogens is 472 g/mol. The van der Waals surface area contributed by atoms with Crippen LogP contribution < -0.4 is 4.74 Å². The summed E-state index contributed by atoms with van der Waals surface area (Å²) in [4.78, 5) is 26.3. The summed E-state index contributed by atoms with van der Waals surface area (Å²) >= 11 is 13.1. The number of ether oxygens (including phenoxy) is 1. The Morgan fingerprint density at radius 2 is 1.62 bits per heavy atom. The van der Waals surface area contributed by atoms with Crippen LogP contribution in [-0.4, -0.2) is 16.0 Å². The van der Waals surface area contributed by atoms with Crippen molar-refractivity contribution in [3.8, 4) is 5.75 Å². The first-order valence-electron chi connectivity index (χ1n) is 9.57. The van der Waals surface area contributed by atoms with Gasteiger partial charge in [-0.2, -0.15) is 0 Å². The molecule has 0 atom stereocenters. The quantitative estimate of drug-likeness (QED) is 0.353. The minimum atomic E-state index is -0.454. The second-order valence-corrected chi connectivity index (χ2v) is 8.72. The van der Waals surface area contributed by atoms with Crippen molar-refractivity contribution in [3.63, 3.8) is 0 Å². The largest absolute Gasteiger partial charge is 0.489 e. The molecule has 1 aliphatic rings. The van der Waals surface area contributed by atoms with E-state index in [1.807, 2.05) is 0 Å². The molecule has 0 saturated carbocycles. The maximum atomic E-state index is 13.9. The summed E-state index contributed by atoms with van der Waals surface area (Å²) in [5, 5.41) is 0.626. The molecule has 32 heavy (non-hydrogen) atoms. The van der Waals surface area contributed by atoms with Crippen LogP contribution in [0.25, 0.3) is 6.08 Å². The maximum Gasteiger partial charge on any atom is 0.293 e. The zero-order chi connectivity index (χ0) is 22.7. The molecule has 2 amide bonds. The van der Waals surface area contributed by atoms with Gasteiger partial charge in [-0.1, -0.05) is 59.6 Å². The van der Waals surface area contributed by atoms with Gasteiger partial charge in [-0.3, -0.25) is 14.5 Å². The van der Waals surface area contributed by atoms with Gasteiger partial charge in [-0.25, -0.2) is 4.39 Å². The molecular formula is C24H16Cl2FNO3S. The van der Waals surface area contributed by atoms with E-state index in [1.165, 1.54) is 6.07 Å². The molecule has 0 spiro atoms. The molecule has 0 bridgehead atoms. The van der Waals surface area contributed by atoms with Crippen molar-refractivity contribution in [1.29, 1.82) is 0 Å². The van der Waals surface area contributed by atoms with Crippen molar-refractivity contribution in [1.82, 2.24) is 4.90 Å². The lowest BCUT2D eigenvalue weighted by molar-refractivity contribution is -0.123. The summed E-state index contributed by atoms with van der Waals surface area (Å²) < 4.78 is 19.6. The predicted octanol–water partition coefficient (Wildman–Crippen LogP) is 6.95. The third-order valence-corrected chi connectivity index (χ3v) is 6.40. The average molecular weight is 488 g/mol. The number of amides is 2. The molecule has 1 heterocycles. The van der Waals surface area contributed by atoms with Gasteiger partial charge in [0.05, 0.1) is 11.4 Å². The van der Waals surface area contributed by atoms with Crippen LogP contribution in [0.4, 0.5) is 9.18 Å². The van der Waals surface area contributed by atoms with Crippen LogP contribution in [0.2, 0.25) is 10.0 Å². The highest BCUT2D eigenvalue weighted by Crippen LogP contribution is 2.34. The van der Waals surface area contributed by atoms with Crippen LogP contribution in [0.3, 0.4) is 0 Å². The van der Waals surface area contributed by atoms with Crippen LogP contribution in [0.5, 0.6) is 5.75 Å². The summed E-state index contributed by atoms with van der Waals surface area (Å²) in [5.41, 5.74) is 1.71. The highest BCUT2D eigenvalue weighted by atomic mass is 35.5. The number of halogens is 3. The molecule has 162 valence electrons. The van der Waals surface area contributed by atoms with E-state index in [0.29, 0.717) is 21.4 Å². The summed E-state index contributed by atoms with van der Waals surface area (Å²) in [6.07, 6.45) is 1.63. The molecule has 0 aliphatic carbocycles. The monoisotopic (exact) mass is 487 g/mol. The van der Waals surface area contributed by atoms with E-state index in [4.69, 9.17) is 27.9 Å². The number of hydrogen-bond donors (Lipinski definition) is 0. The third-order valence-electron chi connectivity index (χ3n) is 4.78. The van der Waals surface area contributed by atoms with Gasteiger partial charge < -0.3 is 4.74 Å². The number of carbonyl (C=O) groups is 2. The van der Waals surface area contributed by atoms with E-state index < -0.39 is 17.0 Å². The second-order valence-electron chi connectivity index (χ2n) is 6.92. The van der Waals surface area contributed by atoms with Gasteiger partial charge in [0.15, 0.2) is 0 Å². The molecule has 0 radical (unpaired) electrons. The van der Waals surface area contributed by atoms with Crippen molar-refractivity contribution in [2.75, 3.05) is 0 Å². The smallest absolute Gasteiger partial charge is 0.293 e. The molecule has 1 fully saturated rings. The molecule has 1 aliphatic heterocycles. The Morgan fingerprint density at radius 1 is 0.938 bits per heavy atom. The number of thioether (sulfide) groups is 1. The number of imide groups is 1. The van der Waals surface area contributed by atoms with Gasteiger partial charge in [0.1, 0.15) is 18.2 Å². The van der Waals surface area contributed by atoms with E-state index in [1.54, 1.807) is 66.7 Å². The normalized spacial score (nSPS) is 15.0. The lowest BCUT2D eigenvalue weighted by Gasteiger charge is -2.12. The van der Waals surface area contributed by atoms with Crippen LogP contribution in [0.15, 0.2) is 71.6 Å². The van der Waals surface area contributed by atoms with Gasteiger partial charge in [0, 0.05) is 21.2 Å². The van der Waals surface area contributed by atoms with Crippen LogP contribution in [0.1, 0.15) is 16.7 Å². The molecule has 3 aromatic rings. The average Bonchev–Trinajstić information content (AvgIpc) is 3.03. The summed E-state index contributed by atoms with van der Waals surface area (Å²) in [5.74, 6) is -0.299.